The topological polar surface area (TPSA) is 59.4 Å². The Bertz CT molecular complexity index is 1550. The number of fused-ring (bicyclic) bond motifs is 3. The molecular weight excluding hydrogens is 703 g/mol. The second-order valence-corrected chi connectivity index (χ2v) is 16.8. The fourth-order valence-electron chi connectivity index (χ4n) is 5.28. The van der Waals surface area contributed by atoms with E-state index in [0.717, 1.165) is 64.6 Å². The molecule has 5 rings (SSSR count). The first-order valence-electron chi connectivity index (χ1n) is 14.6. The Hall–Kier alpha value is -2.79. The van der Waals surface area contributed by atoms with Crippen molar-refractivity contribution in [3.8, 4) is 22.8 Å². The molecule has 4 aromatic rings. The standard InChI is InChI=1S/C22H18NOSi.C13H24O2.Ir/c1-25(2,3)17-10-16-8-9-23-22-18-11-14-6-4-5-7-15(14)12-19(18)24-20(13-17)21(16)22;1-5-10(6-2)12(14)9-13(15)11(7-3)8-4;/h4-10,12-13H,1-3H3;9-11,14H,5-8H2,1-4H3;/q-1;;/b;12-9-;. The van der Waals surface area contributed by atoms with Crippen molar-refractivity contribution in [2.75, 3.05) is 0 Å². The van der Waals surface area contributed by atoms with Crippen molar-refractivity contribution in [1.29, 1.82) is 0 Å². The number of rotatable bonds is 8. The van der Waals surface area contributed by atoms with Crippen LogP contribution in [0.25, 0.3) is 32.8 Å². The van der Waals surface area contributed by atoms with Gasteiger partial charge in [0.25, 0.3) is 0 Å². The number of carbonyl (C=O) groups is 1. The van der Waals surface area contributed by atoms with Gasteiger partial charge in [-0.25, -0.2) is 0 Å². The van der Waals surface area contributed by atoms with Crippen LogP contribution in [0.3, 0.4) is 0 Å². The van der Waals surface area contributed by atoms with Gasteiger partial charge >= 0.3 is 0 Å². The molecule has 0 spiro atoms. The van der Waals surface area contributed by atoms with E-state index < -0.39 is 8.07 Å². The van der Waals surface area contributed by atoms with Gasteiger partial charge in [0.1, 0.15) is 5.75 Å². The van der Waals surface area contributed by atoms with Crippen molar-refractivity contribution >= 4 is 40.6 Å². The molecule has 1 N–H and O–H groups in total. The van der Waals surface area contributed by atoms with Crippen LogP contribution >= 0.6 is 0 Å². The van der Waals surface area contributed by atoms with Gasteiger partial charge < -0.3 is 9.84 Å². The first-order valence-corrected chi connectivity index (χ1v) is 18.1. The first-order chi connectivity index (χ1) is 19.1. The molecule has 1 aromatic heterocycles. The smallest absolute Gasteiger partial charge is 0.162 e. The number of aliphatic hydroxyl groups excluding tert-OH is 1. The van der Waals surface area contributed by atoms with Crippen LogP contribution in [0, 0.1) is 17.9 Å². The minimum Gasteiger partial charge on any atom is -0.512 e. The fourth-order valence-corrected chi connectivity index (χ4v) is 6.43. The summed E-state index contributed by atoms with van der Waals surface area (Å²) >= 11 is 0. The van der Waals surface area contributed by atoms with E-state index in [1.54, 1.807) is 0 Å². The first kappa shape index (κ1) is 32.7. The van der Waals surface area contributed by atoms with E-state index in [4.69, 9.17) is 4.74 Å². The third-order valence-corrected chi connectivity index (χ3v) is 10.0. The molecule has 2 heterocycles. The van der Waals surface area contributed by atoms with E-state index in [1.807, 2.05) is 46.0 Å². The number of pyridine rings is 1. The second-order valence-electron chi connectivity index (χ2n) is 11.7. The van der Waals surface area contributed by atoms with Crippen molar-refractivity contribution in [3.05, 3.63) is 72.6 Å². The van der Waals surface area contributed by atoms with E-state index in [2.05, 4.69) is 67.1 Å². The van der Waals surface area contributed by atoms with E-state index in [1.165, 1.54) is 16.6 Å². The predicted molar refractivity (Wildman–Crippen MR) is 170 cm³/mol. The molecule has 0 atom stereocenters. The average molecular weight is 745 g/mol. The second kappa shape index (κ2) is 13.9. The summed E-state index contributed by atoms with van der Waals surface area (Å²) in [6.45, 7) is 15.2. The van der Waals surface area contributed by atoms with Gasteiger partial charge in [-0.15, -0.1) is 17.5 Å². The van der Waals surface area contributed by atoms with Crippen LogP contribution in [0.15, 0.2) is 66.6 Å². The third-order valence-electron chi connectivity index (χ3n) is 7.99. The summed E-state index contributed by atoms with van der Waals surface area (Å²) in [4.78, 5) is 16.4. The number of ketones is 1. The third kappa shape index (κ3) is 7.17. The largest absolute Gasteiger partial charge is 0.512 e. The van der Waals surface area contributed by atoms with Gasteiger partial charge in [0.15, 0.2) is 5.78 Å². The van der Waals surface area contributed by atoms with Gasteiger partial charge in [-0.1, -0.05) is 93.8 Å². The number of ether oxygens (including phenoxy) is 1. The van der Waals surface area contributed by atoms with Crippen molar-refractivity contribution in [3.63, 3.8) is 0 Å². The quantitative estimate of drug-likeness (QED) is 0.0745. The monoisotopic (exact) mass is 745 g/mol. The minimum absolute atomic E-state index is 0. The van der Waals surface area contributed by atoms with Crippen molar-refractivity contribution in [2.24, 2.45) is 11.8 Å². The van der Waals surface area contributed by atoms with Gasteiger partial charge in [-0.3, -0.25) is 9.78 Å². The molecule has 0 fully saturated rings. The molecule has 0 amide bonds. The summed E-state index contributed by atoms with van der Waals surface area (Å²) in [5.41, 5.74) is 1.93. The summed E-state index contributed by atoms with van der Waals surface area (Å²) in [7, 11) is -1.44. The average Bonchev–Trinajstić information content (AvgIpc) is 2.93. The van der Waals surface area contributed by atoms with Gasteiger partial charge in [0.05, 0.1) is 19.6 Å². The normalized spacial score (nSPS) is 12.5. The van der Waals surface area contributed by atoms with E-state index in [0.29, 0.717) is 0 Å². The molecule has 0 unspecified atom stereocenters. The number of allylic oxidation sites excluding steroid dienone is 2. The summed E-state index contributed by atoms with van der Waals surface area (Å²) in [5.74, 6) is 2.32. The molecule has 41 heavy (non-hydrogen) atoms. The fraction of sp³-hybridized carbons (Fsp3) is 0.371. The number of hydrogen-bond donors (Lipinski definition) is 1. The molecule has 0 bridgehead atoms. The summed E-state index contributed by atoms with van der Waals surface area (Å²) in [6, 6.07) is 20.5. The molecule has 0 saturated heterocycles. The Morgan fingerprint density at radius 2 is 1.59 bits per heavy atom. The van der Waals surface area contributed by atoms with Crippen LogP contribution in [0.1, 0.15) is 53.4 Å². The minimum atomic E-state index is -1.44. The maximum Gasteiger partial charge on any atom is 0.162 e. The molecular formula is C35H42IrNO3Si-. The number of aliphatic hydroxyl groups is 1. The molecule has 1 aliphatic heterocycles. The van der Waals surface area contributed by atoms with E-state index in [-0.39, 0.29) is 43.5 Å². The summed E-state index contributed by atoms with van der Waals surface area (Å²) < 4.78 is 6.34. The van der Waals surface area contributed by atoms with Crippen LogP contribution in [0.4, 0.5) is 0 Å². The zero-order valence-electron chi connectivity index (χ0n) is 25.3. The molecule has 1 radical (unpaired) electrons. The molecule has 219 valence electrons. The van der Waals surface area contributed by atoms with Crippen LogP contribution < -0.4 is 9.92 Å². The van der Waals surface area contributed by atoms with Crippen molar-refractivity contribution in [1.82, 2.24) is 4.98 Å². The Morgan fingerprint density at radius 3 is 2.22 bits per heavy atom. The van der Waals surface area contributed by atoms with Gasteiger partial charge in [0, 0.05) is 55.3 Å². The molecule has 3 aromatic carbocycles. The zero-order valence-corrected chi connectivity index (χ0v) is 28.7. The van der Waals surface area contributed by atoms with Gasteiger partial charge in [-0.2, -0.15) is 0 Å². The van der Waals surface area contributed by atoms with Crippen LogP contribution in [-0.2, 0) is 24.9 Å². The SMILES string of the molecule is CCC(CC)C(=O)/C=C(\O)C(CC)CC.C[Si](C)(C)c1cc2c3c(nccc3c1)-c1[c-]c3ccccc3cc1O2.[Ir]. The maximum absolute atomic E-state index is 11.7. The maximum atomic E-state index is 11.7. The summed E-state index contributed by atoms with van der Waals surface area (Å²) in [6.07, 6.45) is 6.80. The van der Waals surface area contributed by atoms with Crippen molar-refractivity contribution in [2.45, 2.75) is 73.0 Å². The van der Waals surface area contributed by atoms with E-state index >= 15 is 0 Å². The predicted octanol–water partition coefficient (Wildman–Crippen LogP) is 9.37. The summed E-state index contributed by atoms with van der Waals surface area (Å²) in [5, 5.41) is 15.7. The Labute approximate surface area is 259 Å². The number of nitrogens with zero attached hydrogens (tertiary/aromatic N) is 1. The Morgan fingerprint density at radius 1 is 0.927 bits per heavy atom. The number of aromatic nitrogens is 1. The Kier molecular flexibility index (Phi) is 11.1. The van der Waals surface area contributed by atoms with Crippen LogP contribution in [-0.4, -0.2) is 23.9 Å². The molecule has 4 nitrogen and oxygen atoms in total. The van der Waals surface area contributed by atoms with Crippen molar-refractivity contribution < 1.29 is 34.7 Å². The number of carbonyl (C=O) groups excluding carboxylic acids is 1. The van der Waals surface area contributed by atoms with Gasteiger partial charge in [-0.05, 0) is 43.2 Å². The Balaban J connectivity index is 0.000000253. The molecule has 0 saturated carbocycles. The van der Waals surface area contributed by atoms with Gasteiger partial charge in [0.2, 0.25) is 0 Å². The zero-order chi connectivity index (χ0) is 29.0. The molecule has 1 aliphatic rings. The number of hydrogen-bond acceptors (Lipinski definition) is 4. The van der Waals surface area contributed by atoms with E-state index in [9.17, 15) is 9.90 Å². The van der Waals surface area contributed by atoms with Crippen LogP contribution in [0.2, 0.25) is 19.6 Å². The molecule has 0 aliphatic carbocycles. The van der Waals surface area contributed by atoms with Crippen LogP contribution in [0.5, 0.6) is 11.5 Å². The number of benzene rings is 3. The molecule has 6 heteroatoms.